The highest BCUT2D eigenvalue weighted by Gasteiger charge is 2.09. The highest BCUT2D eigenvalue weighted by Crippen LogP contribution is 2.17. The minimum absolute atomic E-state index is 0.947. The molecule has 1 aliphatic rings. The summed E-state index contributed by atoms with van der Waals surface area (Å²) in [6.45, 7) is 6.13. The van der Waals surface area contributed by atoms with Crippen LogP contribution in [0.4, 0.5) is 0 Å². The Hall–Kier alpha value is -1.16. The highest BCUT2D eigenvalue weighted by molar-refractivity contribution is 7.08. The van der Waals surface area contributed by atoms with Gasteiger partial charge >= 0.3 is 0 Å². The first-order valence-corrected chi connectivity index (χ1v) is 7.31. The fraction of sp³-hybridized carbons (Fsp3) is 0.333. The number of rotatable bonds is 4. The van der Waals surface area contributed by atoms with Crippen LogP contribution in [0, 0.1) is 6.92 Å². The quantitative estimate of drug-likeness (QED) is 0.881. The zero-order chi connectivity index (χ0) is 12.4. The summed E-state index contributed by atoms with van der Waals surface area (Å²) >= 11 is 1.78. The van der Waals surface area contributed by atoms with Gasteiger partial charge in [0.15, 0.2) is 0 Å². The molecular formula is C15H18N2S. The Morgan fingerprint density at radius 2 is 2.06 bits per heavy atom. The average molecular weight is 258 g/mol. The second kappa shape index (κ2) is 5.22. The smallest absolute Gasteiger partial charge is 0.0219 e. The summed E-state index contributed by atoms with van der Waals surface area (Å²) in [7, 11) is 0. The number of hydrogen-bond donors (Lipinski definition) is 2. The van der Waals surface area contributed by atoms with Gasteiger partial charge in [-0.1, -0.05) is 18.2 Å². The van der Waals surface area contributed by atoms with E-state index in [-0.39, 0.29) is 0 Å². The summed E-state index contributed by atoms with van der Waals surface area (Å²) in [4.78, 5) is 0. The maximum absolute atomic E-state index is 3.52. The lowest BCUT2D eigenvalue weighted by Crippen LogP contribution is -2.13. The van der Waals surface area contributed by atoms with E-state index in [1.54, 1.807) is 11.3 Å². The number of nitrogens with one attached hydrogen (secondary N) is 2. The molecule has 94 valence electrons. The molecule has 0 spiro atoms. The Bertz CT molecular complexity index is 545. The second-order valence-corrected chi connectivity index (χ2v) is 5.63. The van der Waals surface area contributed by atoms with E-state index in [2.05, 4.69) is 46.5 Å². The van der Waals surface area contributed by atoms with Crippen LogP contribution in [0.15, 0.2) is 29.0 Å². The van der Waals surface area contributed by atoms with E-state index in [4.69, 9.17) is 0 Å². The lowest BCUT2D eigenvalue weighted by Gasteiger charge is -2.06. The van der Waals surface area contributed by atoms with Gasteiger partial charge in [0.1, 0.15) is 0 Å². The molecule has 3 rings (SSSR count). The molecule has 2 heterocycles. The maximum Gasteiger partial charge on any atom is 0.0219 e. The van der Waals surface area contributed by atoms with Crippen LogP contribution in [0.25, 0.3) is 0 Å². The lowest BCUT2D eigenvalue weighted by molar-refractivity contribution is 0.691. The third kappa shape index (κ3) is 2.48. The van der Waals surface area contributed by atoms with E-state index in [0.717, 1.165) is 26.2 Å². The molecule has 0 radical (unpaired) electrons. The van der Waals surface area contributed by atoms with Gasteiger partial charge in [-0.25, -0.2) is 0 Å². The Morgan fingerprint density at radius 3 is 2.89 bits per heavy atom. The molecule has 0 fully saturated rings. The number of benzene rings is 1. The van der Waals surface area contributed by atoms with Crippen LogP contribution in [-0.4, -0.2) is 0 Å². The second-order valence-electron chi connectivity index (χ2n) is 4.89. The van der Waals surface area contributed by atoms with Gasteiger partial charge in [0.2, 0.25) is 0 Å². The Morgan fingerprint density at radius 1 is 1.17 bits per heavy atom. The molecule has 3 heteroatoms. The van der Waals surface area contributed by atoms with Gasteiger partial charge < -0.3 is 10.6 Å². The van der Waals surface area contributed by atoms with Crippen molar-refractivity contribution in [3.05, 3.63) is 56.8 Å². The SMILES string of the molecule is Cc1cscc1CNCc1ccc2c(c1)CNC2. The van der Waals surface area contributed by atoms with Crippen molar-refractivity contribution in [3.8, 4) is 0 Å². The summed E-state index contributed by atoms with van der Waals surface area (Å²) in [5.74, 6) is 0. The number of aryl methyl sites for hydroxylation is 1. The van der Waals surface area contributed by atoms with E-state index in [9.17, 15) is 0 Å². The van der Waals surface area contributed by atoms with Crippen LogP contribution in [0.1, 0.15) is 27.8 Å². The average Bonchev–Trinajstić information content (AvgIpc) is 2.98. The van der Waals surface area contributed by atoms with Gasteiger partial charge in [0, 0.05) is 26.2 Å². The molecule has 0 saturated carbocycles. The fourth-order valence-electron chi connectivity index (χ4n) is 2.37. The largest absolute Gasteiger partial charge is 0.309 e. The first kappa shape index (κ1) is 11.9. The molecular weight excluding hydrogens is 240 g/mol. The Kier molecular flexibility index (Phi) is 3.46. The molecule has 1 aromatic carbocycles. The van der Waals surface area contributed by atoms with E-state index < -0.39 is 0 Å². The molecule has 2 aromatic rings. The topological polar surface area (TPSA) is 24.1 Å². The molecule has 18 heavy (non-hydrogen) atoms. The van der Waals surface area contributed by atoms with Crippen molar-refractivity contribution in [2.75, 3.05) is 0 Å². The monoisotopic (exact) mass is 258 g/mol. The minimum atomic E-state index is 0.947. The predicted octanol–water partition coefficient (Wildman–Crippen LogP) is 2.95. The molecule has 1 aliphatic heterocycles. The number of fused-ring (bicyclic) bond motifs is 1. The standard InChI is InChI=1S/C15H18N2S/c1-11-9-18-10-15(11)8-16-5-12-2-3-13-6-17-7-14(13)4-12/h2-4,9-10,16-17H,5-8H2,1H3. The summed E-state index contributed by atoms with van der Waals surface area (Å²) in [6, 6.07) is 6.81. The number of hydrogen-bond acceptors (Lipinski definition) is 3. The highest BCUT2D eigenvalue weighted by atomic mass is 32.1. The molecule has 0 atom stereocenters. The van der Waals surface area contributed by atoms with Gasteiger partial charge in [-0.15, -0.1) is 0 Å². The van der Waals surface area contributed by atoms with Crippen molar-refractivity contribution in [3.63, 3.8) is 0 Å². The van der Waals surface area contributed by atoms with Crippen LogP contribution in [0.3, 0.4) is 0 Å². The van der Waals surface area contributed by atoms with Crippen LogP contribution in [0.5, 0.6) is 0 Å². The molecule has 2 nitrogen and oxygen atoms in total. The first-order valence-electron chi connectivity index (χ1n) is 6.37. The molecule has 1 aromatic heterocycles. The maximum atomic E-state index is 3.52. The van der Waals surface area contributed by atoms with Crippen molar-refractivity contribution in [2.24, 2.45) is 0 Å². The van der Waals surface area contributed by atoms with Crippen LogP contribution < -0.4 is 10.6 Å². The van der Waals surface area contributed by atoms with Gasteiger partial charge in [-0.05, 0) is 45.5 Å². The molecule has 2 N–H and O–H groups in total. The summed E-state index contributed by atoms with van der Waals surface area (Å²) in [6.07, 6.45) is 0. The molecule has 0 bridgehead atoms. The third-order valence-corrected chi connectivity index (χ3v) is 4.42. The van der Waals surface area contributed by atoms with Crippen molar-refractivity contribution in [1.82, 2.24) is 10.6 Å². The fourth-order valence-corrected chi connectivity index (χ4v) is 3.22. The van der Waals surface area contributed by atoms with Crippen LogP contribution in [-0.2, 0) is 26.2 Å². The van der Waals surface area contributed by atoms with Gasteiger partial charge in [-0.2, -0.15) is 11.3 Å². The number of thiophene rings is 1. The summed E-state index contributed by atoms with van der Waals surface area (Å²) in [5.41, 5.74) is 7.10. The summed E-state index contributed by atoms with van der Waals surface area (Å²) < 4.78 is 0. The Balaban J connectivity index is 1.59. The van der Waals surface area contributed by atoms with Gasteiger partial charge in [0.25, 0.3) is 0 Å². The van der Waals surface area contributed by atoms with Crippen LogP contribution >= 0.6 is 11.3 Å². The third-order valence-electron chi connectivity index (χ3n) is 3.51. The van der Waals surface area contributed by atoms with Gasteiger partial charge in [0.05, 0.1) is 0 Å². The first-order chi connectivity index (χ1) is 8.83. The molecule has 0 saturated heterocycles. The van der Waals surface area contributed by atoms with Crippen molar-refractivity contribution >= 4 is 11.3 Å². The summed E-state index contributed by atoms with van der Waals surface area (Å²) in [5, 5.41) is 11.3. The minimum Gasteiger partial charge on any atom is -0.309 e. The van der Waals surface area contributed by atoms with E-state index in [1.165, 1.54) is 27.8 Å². The molecule has 0 unspecified atom stereocenters. The lowest BCUT2D eigenvalue weighted by atomic mass is 10.1. The molecule has 0 aliphatic carbocycles. The van der Waals surface area contributed by atoms with E-state index >= 15 is 0 Å². The van der Waals surface area contributed by atoms with E-state index in [1.807, 2.05) is 0 Å². The van der Waals surface area contributed by atoms with Crippen molar-refractivity contribution in [2.45, 2.75) is 33.1 Å². The van der Waals surface area contributed by atoms with Gasteiger partial charge in [-0.3, -0.25) is 0 Å². The Labute approximate surface area is 112 Å². The van der Waals surface area contributed by atoms with E-state index in [0.29, 0.717) is 0 Å². The van der Waals surface area contributed by atoms with Crippen LogP contribution in [0.2, 0.25) is 0 Å². The normalized spacial score (nSPS) is 13.8. The zero-order valence-electron chi connectivity index (χ0n) is 10.6. The van der Waals surface area contributed by atoms with Crippen molar-refractivity contribution in [1.29, 1.82) is 0 Å². The van der Waals surface area contributed by atoms with Crippen molar-refractivity contribution < 1.29 is 0 Å². The zero-order valence-corrected chi connectivity index (χ0v) is 11.4. The molecule has 0 amide bonds. The predicted molar refractivity (Wildman–Crippen MR) is 76.6 cm³/mol.